The lowest BCUT2D eigenvalue weighted by atomic mass is 10.3. The van der Waals surface area contributed by atoms with Gasteiger partial charge in [-0.25, -0.2) is 0 Å². The number of hydrogen-bond acceptors (Lipinski definition) is 4. The second-order valence-electron chi connectivity index (χ2n) is 2.68. The van der Waals surface area contributed by atoms with Crippen molar-refractivity contribution in [1.29, 1.82) is 0 Å². The molecule has 0 saturated heterocycles. The van der Waals surface area contributed by atoms with Crippen LogP contribution < -0.4 is 11.1 Å². The molecule has 1 heterocycles. The van der Waals surface area contributed by atoms with Gasteiger partial charge in [-0.05, 0) is 22.4 Å². The predicted octanol–water partition coefficient (Wildman–Crippen LogP) is -0.316. The minimum absolute atomic E-state index is 0.200. The monoisotopic (exact) mass is 200 g/mol. The molecule has 72 valence electrons. The van der Waals surface area contributed by atoms with Crippen molar-refractivity contribution >= 4 is 17.2 Å². The third-order valence-corrected chi connectivity index (χ3v) is 2.31. The van der Waals surface area contributed by atoms with Crippen LogP contribution in [-0.2, 0) is 11.3 Å². The zero-order chi connectivity index (χ0) is 9.68. The van der Waals surface area contributed by atoms with E-state index in [0.717, 1.165) is 5.56 Å². The number of amides is 1. The maximum Gasteiger partial charge on any atom is 0.247 e. The van der Waals surface area contributed by atoms with Crippen molar-refractivity contribution < 1.29 is 9.90 Å². The molecule has 4 nitrogen and oxygen atoms in total. The van der Waals surface area contributed by atoms with Gasteiger partial charge >= 0.3 is 0 Å². The molecule has 0 spiro atoms. The summed E-state index contributed by atoms with van der Waals surface area (Å²) in [5.41, 5.74) is 6.01. The number of primary amides is 1. The van der Waals surface area contributed by atoms with Crippen LogP contribution in [0.2, 0.25) is 0 Å². The van der Waals surface area contributed by atoms with Crippen LogP contribution in [0.25, 0.3) is 0 Å². The maximum absolute atomic E-state index is 10.4. The Balaban J connectivity index is 2.18. The normalized spacial score (nSPS) is 12.7. The predicted molar refractivity (Wildman–Crippen MR) is 51.2 cm³/mol. The molecular weight excluding hydrogens is 188 g/mol. The van der Waals surface area contributed by atoms with Crippen LogP contribution in [0.5, 0.6) is 0 Å². The van der Waals surface area contributed by atoms with Gasteiger partial charge in [0.05, 0.1) is 0 Å². The first kappa shape index (κ1) is 10.2. The first-order valence-electron chi connectivity index (χ1n) is 3.89. The number of thiophene rings is 1. The molecule has 1 rings (SSSR count). The van der Waals surface area contributed by atoms with E-state index in [1.54, 1.807) is 11.3 Å². The molecule has 0 aliphatic carbocycles. The molecule has 0 aliphatic heterocycles. The van der Waals surface area contributed by atoms with Gasteiger partial charge in [-0.2, -0.15) is 11.3 Å². The number of nitrogens with one attached hydrogen (secondary N) is 1. The van der Waals surface area contributed by atoms with Crippen LogP contribution >= 0.6 is 11.3 Å². The molecule has 13 heavy (non-hydrogen) atoms. The Morgan fingerprint density at radius 2 is 2.54 bits per heavy atom. The molecule has 0 radical (unpaired) electrons. The SMILES string of the molecule is NC(=O)C(O)CNCc1ccsc1. The van der Waals surface area contributed by atoms with Crippen LogP contribution in [0.1, 0.15) is 5.56 Å². The molecule has 1 aromatic heterocycles. The van der Waals surface area contributed by atoms with Crippen molar-refractivity contribution in [2.75, 3.05) is 6.54 Å². The second kappa shape index (κ2) is 4.96. The smallest absolute Gasteiger partial charge is 0.247 e. The second-order valence-corrected chi connectivity index (χ2v) is 3.46. The number of aliphatic hydroxyl groups excluding tert-OH is 1. The van der Waals surface area contributed by atoms with Crippen molar-refractivity contribution in [3.05, 3.63) is 22.4 Å². The Bertz CT molecular complexity index is 261. The van der Waals surface area contributed by atoms with Crippen molar-refractivity contribution in [1.82, 2.24) is 5.32 Å². The first-order chi connectivity index (χ1) is 6.20. The van der Waals surface area contributed by atoms with E-state index in [0.29, 0.717) is 6.54 Å². The van der Waals surface area contributed by atoms with Crippen molar-refractivity contribution in [3.63, 3.8) is 0 Å². The van der Waals surface area contributed by atoms with E-state index in [9.17, 15) is 4.79 Å². The van der Waals surface area contributed by atoms with Gasteiger partial charge in [0.1, 0.15) is 6.10 Å². The number of rotatable bonds is 5. The van der Waals surface area contributed by atoms with Gasteiger partial charge < -0.3 is 16.2 Å². The van der Waals surface area contributed by atoms with Gasteiger partial charge in [0.15, 0.2) is 0 Å². The lowest BCUT2D eigenvalue weighted by Crippen LogP contribution is -2.37. The average molecular weight is 200 g/mol. The molecule has 0 bridgehead atoms. The maximum atomic E-state index is 10.4. The van der Waals surface area contributed by atoms with E-state index in [1.807, 2.05) is 16.8 Å². The summed E-state index contributed by atoms with van der Waals surface area (Å²) in [6.07, 6.45) is -1.10. The molecule has 0 aromatic carbocycles. The summed E-state index contributed by atoms with van der Waals surface area (Å²) in [5.74, 6) is -0.696. The highest BCUT2D eigenvalue weighted by molar-refractivity contribution is 7.07. The summed E-state index contributed by atoms with van der Waals surface area (Å²) >= 11 is 1.61. The minimum atomic E-state index is -1.10. The standard InChI is InChI=1S/C8H12N2O2S/c9-8(12)7(11)4-10-3-6-1-2-13-5-6/h1-2,5,7,10-11H,3-4H2,(H2,9,12). The van der Waals surface area contributed by atoms with Gasteiger partial charge in [0, 0.05) is 13.1 Å². The zero-order valence-corrected chi connectivity index (χ0v) is 7.88. The van der Waals surface area contributed by atoms with Gasteiger partial charge in [-0.3, -0.25) is 4.79 Å². The van der Waals surface area contributed by atoms with Crippen LogP contribution in [0.3, 0.4) is 0 Å². The molecular formula is C8H12N2O2S. The average Bonchev–Trinajstić information content (AvgIpc) is 2.56. The Labute approximate surface area is 80.4 Å². The largest absolute Gasteiger partial charge is 0.382 e. The van der Waals surface area contributed by atoms with Crippen molar-refractivity contribution in [2.45, 2.75) is 12.6 Å². The summed E-state index contributed by atoms with van der Waals surface area (Å²) < 4.78 is 0. The Morgan fingerprint density at radius 3 is 3.08 bits per heavy atom. The Morgan fingerprint density at radius 1 is 1.77 bits per heavy atom. The van der Waals surface area contributed by atoms with Crippen LogP contribution in [0.4, 0.5) is 0 Å². The molecule has 1 atom stereocenters. The molecule has 0 saturated carbocycles. The topological polar surface area (TPSA) is 75.4 Å². The van der Waals surface area contributed by atoms with Crippen LogP contribution in [-0.4, -0.2) is 23.7 Å². The van der Waals surface area contributed by atoms with Crippen molar-refractivity contribution in [2.24, 2.45) is 5.73 Å². The zero-order valence-electron chi connectivity index (χ0n) is 7.06. The van der Waals surface area contributed by atoms with Gasteiger partial charge in [-0.1, -0.05) is 0 Å². The summed E-state index contributed by atoms with van der Waals surface area (Å²) in [7, 11) is 0. The van der Waals surface area contributed by atoms with E-state index >= 15 is 0 Å². The van der Waals surface area contributed by atoms with E-state index in [4.69, 9.17) is 10.8 Å². The fourth-order valence-electron chi connectivity index (χ4n) is 0.847. The fourth-order valence-corrected chi connectivity index (χ4v) is 1.52. The first-order valence-corrected chi connectivity index (χ1v) is 4.83. The fraction of sp³-hybridized carbons (Fsp3) is 0.375. The highest BCUT2D eigenvalue weighted by Gasteiger charge is 2.08. The van der Waals surface area contributed by atoms with Crippen LogP contribution in [0, 0.1) is 0 Å². The van der Waals surface area contributed by atoms with Gasteiger partial charge in [0.25, 0.3) is 0 Å². The number of hydrogen-bond donors (Lipinski definition) is 3. The summed E-state index contributed by atoms with van der Waals surface area (Å²) in [6.45, 7) is 0.846. The molecule has 0 aliphatic rings. The summed E-state index contributed by atoms with van der Waals surface area (Å²) in [4.78, 5) is 10.4. The van der Waals surface area contributed by atoms with E-state index in [2.05, 4.69) is 5.32 Å². The third kappa shape index (κ3) is 3.54. The highest BCUT2D eigenvalue weighted by Crippen LogP contribution is 2.04. The van der Waals surface area contributed by atoms with E-state index in [1.165, 1.54) is 0 Å². The van der Waals surface area contributed by atoms with Gasteiger partial charge in [0.2, 0.25) is 5.91 Å². The number of carbonyl (C=O) groups is 1. The number of carbonyl (C=O) groups excluding carboxylic acids is 1. The third-order valence-electron chi connectivity index (χ3n) is 1.58. The number of nitrogens with two attached hydrogens (primary N) is 1. The quantitative estimate of drug-likeness (QED) is 0.610. The molecule has 1 unspecified atom stereocenters. The lowest BCUT2D eigenvalue weighted by Gasteiger charge is -2.06. The minimum Gasteiger partial charge on any atom is -0.382 e. The highest BCUT2D eigenvalue weighted by atomic mass is 32.1. The molecule has 1 amide bonds. The van der Waals surface area contributed by atoms with E-state index < -0.39 is 12.0 Å². The summed E-state index contributed by atoms with van der Waals surface area (Å²) in [6, 6.07) is 1.98. The van der Waals surface area contributed by atoms with Crippen LogP contribution in [0.15, 0.2) is 16.8 Å². The lowest BCUT2D eigenvalue weighted by molar-refractivity contribution is -0.125. The molecule has 0 fully saturated rings. The summed E-state index contributed by atoms with van der Waals surface area (Å²) in [5, 5.41) is 15.9. The van der Waals surface area contributed by atoms with Gasteiger partial charge in [-0.15, -0.1) is 0 Å². The molecule has 1 aromatic rings. The Kier molecular flexibility index (Phi) is 3.88. The van der Waals surface area contributed by atoms with Crippen molar-refractivity contribution in [3.8, 4) is 0 Å². The molecule has 4 N–H and O–H groups in total. The van der Waals surface area contributed by atoms with E-state index in [-0.39, 0.29) is 6.54 Å². The molecule has 5 heteroatoms. The number of aliphatic hydroxyl groups is 1. The Hall–Kier alpha value is -0.910.